The summed E-state index contributed by atoms with van der Waals surface area (Å²) in [5, 5.41) is 3.41. The third-order valence-electron chi connectivity index (χ3n) is 3.71. The fourth-order valence-corrected chi connectivity index (χ4v) is 2.74. The van der Waals surface area contributed by atoms with E-state index in [1.807, 2.05) is 17.9 Å². The summed E-state index contributed by atoms with van der Waals surface area (Å²) in [5.74, 6) is 0.248. The van der Waals surface area contributed by atoms with Crippen molar-refractivity contribution in [2.45, 2.75) is 45.2 Å². The van der Waals surface area contributed by atoms with E-state index in [4.69, 9.17) is 0 Å². The fourth-order valence-electron chi connectivity index (χ4n) is 2.74. The fraction of sp³-hybridized carbons (Fsp3) is 0.562. The Bertz CT molecular complexity index is 398. The smallest absolute Gasteiger partial charge is 0.239 e. The monoisotopic (exact) mass is 260 g/mol. The lowest BCUT2D eigenvalue weighted by Crippen LogP contribution is -2.47. The minimum Gasteiger partial charge on any atom is -0.341 e. The predicted molar refractivity (Wildman–Crippen MR) is 78.0 cm³/mol. The number of rotatable bonds is 5. The Labute approximate surface area is 116 Å². The lowest BCUT2D eigenvalue weighted by molar-refractivity contribution is -0.132. The summed E-state index contributed by atoms with van der Waals surface area (Å²) in [6.07, 6.45) is 3.26. The molecule has 1 fully saturated rings. The average molecular weight is 260 g/mol. The number of hydrogen-bond donors (Lipinski definition) is 1. The van der Waals surface area contributed by atoms with Crippen molar-refractivity contribution < 1.29 is 4.79 Å². The first-order valence-corrected chi connectivity index (χ1v) is 7.25. The maximum Gasteiger partial charge on any atom is 0.239 e. The molecule has 104 valence electrons. The Morgan fingerprint density at radius 1 is 1.21 bits per heavy atom. The molecule has 1 aliphatic heterocycles. The van der Waals surface area contributed by atoms with Crippen molar-refractivity contribution in [3.63, 3.8) is 0 Å². The quantitative estimate of drug-likeness (QED) is 0.880. The first kappa shape index (κ1) is 14.1. The summed E-state index contributed by atoms with van der Waals surface area (Å²) in [4.78, 5) is 14.2. The van der Waals surface area contributed by atoms with Gasteiger partial charge in [-0.05, 0) is 38.7 Å². The molecular formula is C16H24N2O. The molecule has 1 N–H and O–H groups in total. The number of nitrogens with zero attached hydrogens (tertiary/aromatic N) is 1. The number of carbonyl (C=O) groups is 1. The zero-order valence-corrected chi connectivity index (χ0v) is 11.9. The van der Waals surface area contributed by atoms with Crippen molar-refractivity contribution in [1.82, 2.24) is 10.2 Å². The second kappa shape index (κ2) is 6.71. The molecule has 1 aliphatic rings. The normalized spacial score (nSPS) is 18.3. The van der Waals surface area contributed by atoms with Crippen LogP contribution in [0.3, 0.4) is 0 Å². The zero-order chi connectivity index (χ0) is 13.7. The highest BCUT2D eigenvalue weighted by Crippen LogP contribution is 2.10. The van der Waals surface area contributed by atoms with Gasteiger partial charge in [0, 0.05) is 19.1 Å². The van der Waals surface area contributed by atoms with E-state index in [1.54, 1.807) is 0 Å². The van der Waals surface area contributed by atoms with Crippen molar-refractivity contribution in [3.05, 3.63) is 35.9 Å². The number of amides is 1. The second-order valence-corrected chi connectivity index (χ2v) is 5.51. The first-order chi connectivity index (χ1) is 9.16. The van der Waals surface area contributed by atoms with Gasteiger partial charge in [0.2, 0.25) is 5.91 Å². The number of nitrogens with one attached hydrogen (secondary N) is 1. The van der Waals surface area contributed by atoms with E-state index in [1.165, 1.54) is 5.56 Å². The molecule has 1 aromatic carbocycles. The Morgan fingerprint density at radius 3 is 2.47 bits per heavy atom. The van der Waals surface area contributed by atoms with Gasteiger partial charge in [-0.2, -0.15) is 0 Å². The third kappa shape index (κ3) is 4.06. The molecule has 3 heteroatoms. The summed E-state index contributed by atoms with van der Waals surface area (Å²) in [5.41, 5.74) is 1.31. The standard InChI is InChI=1S/C16H24N2O/c1-13(12-15-8-4-3-5-9-15)17-14(2)16(19)18-10-6-7-11-18/h3-5,8-9,13-14,17H,6-7,10-12H2,1-2H3. The van der Waals surface area contributed by atoms with Crippen LogP contribution < -0.4 is 5.32 Å². The molecule has 0 aromatic heterocycles. The van der Waals surface area contributed by atoms with Gasteiger partial charge < -0.3 is 10.2 Å². The number of carbonyl (C=O) groups excluding carboxylic acids is 1. The maximum absolute atomic E-state index is 12.2. The lowest BCUT2D eigenvalue weighted by atomic mass is 10.1. The Kier molecular flexibility index (Phi) is 4.97. The molecule has 0 saturated carbocycles. The summed E-state index contributed by atoms with van der Waals surface area (Å²) >= 11 is 0. The maximum atomic E-state index is 12.2. The van der Waals surface area contributed by atoms with Gasteiger partial charge >= 0.3 is 0 Å². The number of benzene rings is 1. The van der Waals surface area contributed by atoms with Gasteiger partial charge in [-0.1, -0.05) is 30.3 Å². The van der Waals surface area contributed by atoms with E-state index in [0.29, 0.717) is 6.04 Å². The second-order valence-electron chi connectivity index (χ2n) is 5.51. The van der Waals surface area contributed by atoms with Crippen LogP contribution in [-0.2, 0) is 11.2 Å². The van der Waals surface area contributed by atoms with Crippen LogP contribution in [0.1, 0.15) is 32.3 Å². The van der Waals surface area contributed by atoms with E-state index in [9.17, 15) is 4.79 Å². The summed E-state index contributed by atoms with van der Waals surface area (Å²) < 4.78 is 0. The number of hydrogen-bond acceptors (Lipinski definition) is 2. The molecule has 1 saturated heterocycles. The molecule has 2 rings (SSSR count). The summed E-state index contributed by atoms with van der Waals surface area (Å²) in [6, 6.07) is 10.6. The van der Waals surface area contributed by atoms with Crippen molar-refractivity contribution in [2.24, 2.45) is 0 Å². The highest BCUT2D eigenvalue weighted by atomic mass is 16.2. The third-order valence-corrected chi connectivity index (χ3v) is 3.71. The van der Waals surface area contributed by atoms with Gasteiger partial charge in [-0.3, -0.25) is 4.79 Å². The SMILES string of the molecule is CC(Cc1ccccc1)NC(C)C(=O)N1CCCC1. The van der Waals surface area contributed by atoms with E-state index >= 15 is 0 Å². The van der Waals surface area contributed by atoms with Crippen LogP contribution in [0.2, 0.25) is 0 Å². The topological polar surface area (TPSA) is 32.3 Å². The van der Waals surface area contributed by atoms with Gasteiger partial charge in [0.15, 0.2) is 0 Å². The Balaban J connectivity index is 1.81. The molecule has 1 aromatic rings. The molecular weight excluding hydrogens is 236 g/mol. The predicted octanol–water partition coefficient (Wildman–Crippen LogP) is 2.22. The molecule has 3 nitrogen and oxygen atoms in total. The zero-order valence-electron chi connectivity index (χ0n) is 11.9. The minimum absolute atomic E-state index is 0.0863. The lowest BCUT2D eigenvalue weighted by Gasteiger charge is -2.24. The van der Waals surface area contributed by atoms with Crippen LogP contribution in [0.4, 0.5) is 0 Å². The van der Waals surface area contributed by atoms with E-state index in [-0.39, 0.29) is 11.9 Å². The highest BCUT2D eigenvalue weighted by molar-refractivity contribution is 5.81. The Hall–Kier alpha value is -1.35. The van der Waals surface area contributed by atoms with Crippen LogP contribution in [-0.4, -0.2) is 36.0 Å². The highest BCUT2D eigenvalue weighted by Gasteiger charge is 2.23. The van der Waals surface area contributed by atoms with Gasteiger partial charge in [0.1, 0.15) is 0 Å². The molecule has 1 heterocycles. The molecule has 0 aliphatic carbocycles. The van der Waals surface area contributed by atoms with Crippen molar-refractivity contribution in [2.75, 3.05) is 13.1 Å². The van der Waals surface area contributed by atoms with E-state index in [0.717, 1.165) is 32.4 Å². The van der Waals surface area contributed by atoms with Gasteiger partial charge in [-0.15, -0.1) is 0 Å². The van der Waals surface area contributed by atoms with Crippen molar-refractivity contribution in [1.29, 1.82) is 0 Å². The van der Waals surface area contributed by atoms with Gasteiger partial charge in [0.05, 0.1) is 6.04 Å². The summed E-state index contributed by atoms with van der Waals surface area (Å²) in [7, 11) is 0. The molecule has 1 amide bonds. The Morgan fingerprint density at radius 2 is 1.84 bits per heavy atom. The van der Waals surface area contributed by atoms with Crippen LogP contribution in [0, 0.1) is 0 Å². The molecule has 0 spiro atoms. The molecule has 2 unspecified atom stereocenters. The first-order valence-electron chi connectivity index (χ1n) is 7.25. The van der Waals surface area contributed by atoms with Gasteiger partial charge in [0.25, 0.3) is 0 Å². The van der Waals surface area contributed by atoms with E-state index in [2.05, 4.69) is 36.5 Å². The van der Waals surface area contributed by atoms with Crippen molar-refractivity contribution in [3.8, 4) is 0 Å². The van der Waals surface area contributed by atoms with Crippen molar-refractivity contribution >= 4 is 5.91 Å². The minimum atomic E-state index is -0.0863. The summed E-state index contributed by atoms with van der Waals surface area (Å²) in [6.45, 7) is 5.97. The largest absolute Gasteiger partial charge is 0.341 e. The van der Waals surface area contributed by atoms with Crippen LogP contribution >= 0.6 is 0 Å². The van der Waals surface area contributed by atoms with Gasteiger partial charge in [-0.25, -0.2) is 0 Å². The van der Waals surface area contributed by atoms with Crippen LogP contribution in [0.25, 0.3) is 0 Å². The number of likely N-dealkylation sites (tertiary alicyclic amines) is 1. The van der Waals surface area contributed by atoms with Crippen LogP contribution in [0.5, 0.6) is 0 Å². The average Bonchev–Trinajstić information content (AvgIpc) is 2.92. The van der Waals surface area contributed by atoms with Crippen LogP contribution in [0.15, 0.2) is 30.3 Å². The molecule has 0 bridgehead atoms. The molecule has 2 atom stereocenters. The molecule has 19 heavy (non-hydrogen) atoms. The van der Waals surface area contributed by atoms with E-state index < -0.39 is 0 Å². The molecule has 0 radical (unpaired) electrons.